The Morgan fingerprint density at radius 3 is 2.72 bits per heavy atom. The van der Waals surface area contributed by atoms with Gasteiger partial charge in [-0.05, 0) is 24.8 Å². The molecule has 0 aromatic heterocycles. The zero-order chi connectivity index (χ0) is 13.5. The Morgan fingerprint density at radius 2 is 2.17 bits per heavy atom. The standard InChI is InChI=1S/C15H20N2O/c1-11(2)14(10-16)17-15(18)8-7-13-6-4-5-12(3)9-13/h4-6,9,11,14H,7-8H2,1-3H3,(H,17,18). The zero-order valence-electron chi connectivity index (χ0n) is 11.2. The van der Waals surface area contributed by atoms with Gasteiger partial charge in [0.1, 0.15) is 6.04 Å². The number of carbonyl (C=O) groups is 1. The van der Waals surface area contributed by atoms with E-state index in [1.54, 1.807) is 0 Å². The number of hydrogen-bond acceptors (Lipinski definition) is 2. The highest BCUT2D eigenvalue weighted by molar-refractivity contribution is 5.76. The van der Waals surface area contributed by atoms with Crippen molar-refractivity contribution < 1.29 is 4.79 Å². The van der Waals surface area contributed by atoms with E-state index in [4.69, 9.17) is 5.26 Å². The van der Waals surface area contributed by atoms with Gasteiger partial charge in [-0.2, -0.15) is 5.26 Å². The fraction of sp³-hybridized carbons (Fsp3) is 0.467. The Labute approximate surface area is 109 Å². The topological polar surface area (TPSA) is 52.9 Å². The van der Waals surface area contributed by atoms with Crippen LogP contribution in [-0.2, 0) is 11.2 Å². The lowest BCUT2D eigenvalue weighted by molar-refractivity contribution is -0.121. The molecule has 18 heavy (non-hydrogen) atoms. The number of rotatable bonds is 5. The van der Waals surface area contributed by atoms with Gasteiger partial charge in [0.2, 0.25) is 5.91 Å². The third-order valence-electron chi connectivity index (χ3n) is 2.85. The Balaban J connectivity index is 2.45. The van der Waals surface area contributed by atoms with Crippen molar-refractivity contribution in [3.8, 4) is 6.07 Å². The predicted octanol–water partition coefficient (Wildman–Crippen LogP) is 2.59. The van der Waals surface area contributed by atoms with E-state index >= 15 is 0 Å². The summed E-state index contributed by atoms with van der Waals surface area (Å²) in [5.41, 5.74) is 2.35. The lowest BCUT2D eigenvalue weighted by atomic mass is 10.0. The van der Waals surface area contributed by atoms with Gasteiger partial charge < -0.3 is 5.32 Å². The summed E-state index contributed by atoms with van der Waals surface area (Å²) < 4.78 is 0. The minimum atomic E-state index is -0.394. The highest BCUT2D eigenvalue weighted by Gasteiger charge is 2.14. The molecule has 1 aromatic rings. The van der Waals surface area contributed by atoms with Crippen molar-refractivity contribution in [2.75, 3.05) is 0 Å². The van der Waals surface area contributed by atoms with Crippen molar-refractivity contribution in [3.05, 3.63) is 35.4 Å². The first kappa shape index (κ1) is 14.2. The van der Waals surface area contributed by atoms with Crippen LogP contribution in [-0.4, -0.2) is 11.9 Å². The average molecular weight is 244 g/mol. The molecule has 3 heteroatoms. The first-order valence-corrected chi connectivity index (χ1v) is 6.27. The van der Waals surface area contributed by atoms with Gasteiger partial charge in [-0.25, -0.2) is 0 Å². The lowest BCUT2D eigenvalue weighted by Gasteiger charge is -2.14. The van der Waals surface area contributed by atoms with Crippen LogP contribution in [0.1, 0.15) is 31.4 Å². The maximum atomic E-state index is 11.7. The van der Waals surface area contributed by atoms with Crippen molar-refractivity contribution in [3.63, 3.8) is 0 Å². The molecule has 1 atom stereocenters. The molecule has 0 aliphatic carbocycles. The van der Waals surface area contributed by atoms with Gasteiger partial charge in [0.15, 0.2) is 0 Å². The summed E-state index contributed by atoms with van der Waals surface area (Å²) in [7, 11) is 0. The van der Waals surface area contributed by atoms with Crippen LogP contribution in [0.3, 0.4) is 0 Å². The number of hydrogen-bond donors (Lipinski definition) is 1. The van der Waals surface area contributed by atoms with Gasteiger partial charge in [-0.3, -0.25) is 4.79 Å². The van der Waals surface area contributed by atoms with Crippen LogP contribution in [0.4, 0.5) is 0 Å². The molecule has 3 nitrogen and oxygen atoms in total. The molecule has 1 rings (SSSR count). The molecule has 0 aliphatic heterocycles. The molecular formula is C15H20N2O. The molecule has 0 bridgehead atoms. The molecule has 0 saturated carbocycles. The summed E-state index contributed by atoms with van der Waals surface area (Å²) >= 11 is 0. The number of nitriles is 1. The molecule has 0 aliphatic rings. The van der Waals surface area contributed by atoms with Crippen molar-refractivity contribution >= 4 is 5.91 Å². The molecule has 0 saturated heterocycles. The molecule has 0 radical (unpaired) electrons. The van der Waals surface area contributed by atoms with E-state index in [9.17, 15) is 4.79 Å². The second-order valence-corrected chi connectivity index (χ2v) is 4.91. The van der Waals surface area contributed by atoms with Crippen molar-refractivity contribution in [2.45, 2.75) is 39.7 Å². The van der Waals surface area contributed by atoms with Crippen LogP contribution in [0.2, 0.25) is 0 Å². The fourth-order valence-corrected chi connectivity index (χ4v) is 1.72. The Hall–Kier alpha value is -1.82. The van der Waals surface area contributed by atoms with Crippen LogP contribution < -0.4 is 5.32 Å². The molecule has 0 heterocycles. The highest BCUT2D eigenvalue weighted by atomic mass is 16.1. The van der Waals surface area contributed by atoms with Gasteiger partial charge >= 0.3 is 0 Å². The Bertz CT molecular complexity index is 446. The van der Waals surface area contributed by atoms with Gasteiger partial charge in [-0.15, -0.1) is 0 Å². The normalized spacial score (nSPS) is 11.9. The quantitative estimate of drug-likeness (QED) is 0.865. The van der Waals surface area contributed by atoms with E-state index in [0.29, 0.717) is 12.8 Å². The maximum Gasteiger partial charge on any atom is 0.221 e. The minimum absolute atomic E-state index is 0.0586. The molecule has 1 amide bonds. The molecule has 1 unspecified atom stereocenters. The fourth-order valence-electron chi connectivity index (χ4n) is 1.72. The average Bonchev–Trinajstić information content (AvgIpc) is 2.33. The van der Waals surface area contributed by atoms with E-state index in [-0.39, 0.29) is 11.8 Å². The largest absolute Gasteiger partial charge is 0.340 e. The van der Waals surface area contributed by atoms with E-state index in [0.717, 1.165) is 5.56 Å². The van der Waals surface area contributed by atoms with Crippen molar-refractivity contribution in [2.24, 2.45) is 5.92 Å². The van der Waals surface area contributed by atoms with Gasteiger partial charge in [-0.1, -0.05) is 43.7 Å². The van der Waals surface area contributed by atoms with Gasteiger partial charge in [0.25, 0.3) is 0 Å². The SMILES string of the molecule is Cc1cccc(CCC(=O)NC(C#N)C(C)C)c1. The second-order valence-electron chi connectivity index (χ2n) is 4.91. The first-order valence-electron chi connectivity index (χ1n) is 6.27. The van der Waals surface area contributed by atoms with Gasteiger partial charge in [0, 0.05) is 6.42 Å². The van der Waals surface area contributed by atoms with Crippen LogP contribution in [0.15, 0.2) is 24.3 Å². The third kappa shape index (κ3) is 4.58. The van der Waals surface area contributed by atoms with Crippen LogP contribution >= 0.6 is 0 Å². The van der Waals surface area contributed by atoms with Gasteiger partial charge in [0.05, 0.1) is 6.07 Å². The summed E-state index contributed by atoms with van der Waals surface area (Å²) in [6.45, 7) is 5.89. The number of benzene rings is 1. The van der Waals surface area contributed by atoms with Crippen molar-refractivity contribution in [1.29, 1.82) is 5.26 Å². The second kappa shape index (κ2) is 6.80. The van der Waals surface area contributed by atoms with E-state index < -0.39 is 6.04 Å². The smallest absolute Gasteiger partial charge is 0.221 e. The van der Waals surface area contributed by atoms with Crippen LogP contribution in [0, 0.1) is 24.2 Å². The van der Waals surface area contributed by atoms with Crippen LogP contribution in [0.5, 0.6) is 0 Å². The monoisotopic (exact) mass is 244 g/mol. The van der Waals surface area contributed by atoms with E-state index in [1.165, 1.54) is 5.56 Å². The van der Waals surface area contributed by atoms with Crippen molar-refractivity contribution in [1.82, 2.24) is 5.32 Å². The molecule has 96 valence electrons. The summed E-state index contributed by atoms with van der Waals surface area (Å²) in [6, 6.07) is 9.84. The molecule has 0 fully saturated rings. The third-order valence-corrected chi connectivity index (χ3v) is 2.85. The summed E-state index contributed by atoms with van der Waals surface area (Å²) in [5, 5.41) is 11.7. The predicted molar refractivity (Wildman–Crippen MR) is 71.9 cm³/mol. The summed E-state index contributed by atoms with van der Waals surface area (Å²) in [4.78, 5) is 11.7. The molecule has 1 aromatic carbocycles. The highest BCUT2D eigenvalue weighted by Crippen LogP contribution is 2.07. The molecular weight excluding hydrogens is 224 g/mol. The first-order chi connectivity index (χ1) is 8.52. The zero-order valence-corrected chi connectivity index (χ0v) is 11.2. The lowest BCUT2D eigenvalue weighted by Crippen LogP contribution is -2.37. The molecule has 0 spiro atoms. The molecule has 1 N–H and O–H groups in total. The summed E-state index contributed by atoms with van der Waals surface area (Å²) in [6.07, 6.45) is 1.14. The number of carbonyl (C=O) groups excluding carboxylic acids is 1. The maximum absolute atomic E-state index is 11.7. The minimum Gasteiger partial charge on any atom is -0.340 e. The number of nitrogens with zero attached hydrogens (tertiary/aromatic N) is 1. The number of amides is 1. The van der Waals surface area contributed by atoms with Crippen LogP contribution in [0.25, 0.3) is 0 Å². The number of aryl methyl sites for hydroxylation is 2. The Kier molecular flexibility index (Phi) is 5.38. The van der Waals surface area contributed by atoms with E-state index in [1.807, 2.05) is 39.0 Å². The van der Waals surface area contributed by atoms with E-state index in [2.05, 4.69) is 17.5 Å². The summed E-state index contributed by atoms with van der Waals surface area (Å²) in [5.74, 6) is 0.0784. The number of nitrogens with one attached hydrogen (secondary N) is 1. The Morgan fingerprint density at radius 1 is 1.44 bits per heavy atom.